The number of aliphatic hydroxyl groups excluding tert-OH is 1. The summed E-state index contributed by atoms with van der Waals surface area (Å²) in [6.07, 6.45) is 10.1. The molecular weight excluding hydrogens is 442 g/mol. The van der Waals surface area contributed by atoms with Crippen molar-refractivity contribution < 1.29 is 24.5 Å². The van der Waals surface area contributed by atoms with Crippen molar-refractivity contribution in [3.8, 4) is 0 Å². The first-order valence-electron chi connectivity index (χ1n) is 13.8. The zero-order chi connectivity index (χ0) is 25.2. The van der Waals surface area contributed by atoms with Crippen molar-refractivity contribution in [1.82, 2.24) is 4.90 Å². The van der Waals surface area contributed by atoms with Crippen molar-refractivity contribution in [2.45, 2.75) is 102 Å². The number of ether oxygens (including phenoxy) is 1. The van der Waals surface area contributed by atoms with Gasteiger partial charge in [-0.2, -0.15) is 0 Å². The number of ketones is 1. The predicted molar refractivity (Wildman–Crippen MR) is 133 cm³/mol. The van der Waals surface area contributed by atoms with Crippen molar-refractivity contribution >= 4 is 11.7 Å². The summed E-state index contributed by atoms with van der Waals surface area (Å²) in [5.74, 6) is 0.129. The van der Waals surface area contributed by atoms with Crippen LogP contribution < -0.4 is 0 Å². The third-order valence-electron chi connectivity index (χ3n) is 11.1. The topological polar surface area (TPSA) is 87.1 Å². The van der Waals surface area contributed by atoms with Crippen LogP contribution in [0.2, 0.25) is 0 Å². The van der Waals surface area contributed by atoms with Gasteiger partial charge in [0.1, 0.15) is 0 Å². The molecule has 9 atom stereocenters. The van der Waals surface area contributed by atoms with E-state index in [-0.39, 0.29) is 47.0 Å². The lowest BCUT2D eigenvalue weighted by Gasteiger charge is -2.60. The Hall–Kier alpha value is -1.50. The van der Waals surface area contributed by atoms with E-state index >= 15 is 0 Å². The van der Waals surface area contributed by atoms with Gasteiger partial charge >= 0.3 is 0 Å². The molecule has 4 aliphatic carbocycles. The van der Waals surface area contributed by atoms with Gasteiger partial charge in [0.05, 0.1) is 17.8 Å². The molecule has 5 rings (SSSR count). The van der Waals surface area contributed by atoms with Gasteiger partial charge in [0.15, 0.2) is 5.78 Å². The van der Waals surface area contributed by atoms with E-state index < -0.39 is 17.1 Å². The lowest BCUT2D eigenvalue weighted by Crippen LogP contribution is -2.60. The Balaban J connectivity index is 1.45. The maximum Gasteiger partial charge on any atom is 0.246 e. The van der Waals surface area contributed by atoms with E-state index in [1.54, 1.807) is 6.08 Å². The number of hydrogen-bond acceptors (Lipinski definition) is 5. The van der Waals surface area contributed by atoms with Crippen LogP contribution >= 0.6 is 0 Å². The number of aliphatic hydroxyl groups is 2. The number of carbonyl (C=O) groups is 2. The van der Waals surface area contributed by atoms with Crippen molar-refractivity contribution in [3.05, 3.63) is 24.3 Å². The maximum absolute atomic E-state index is 13.3. The van der Waals surface area contributed by atoms with Gasteiger partial charge < -0.3 is 19.8 Å². The molecule has 1 aliphatic heterocycles. The van der Waals surface area contributed by atoms with Crippen LogP contribution in [0.5, 0.6) is 0 Å². The molecule has 0 aromatic rings. The van der Waals surface area contributed by atoms with Crippen LogP contribution in [0.1, 0.15) is 78.6 Å². The number of amides is 1. The van der Waals surface area contributed by atoms with Crippen LogP contribution in [-0.4, -0.2) is 63.8 Å². The van der Waals surface area contributed by atoms with Crippen LogP contribution in [0.25, 0.3) is 0 Å². The van der Waals surface area contributed by atoms with E-state index in [1.165, 1.54) is 6.08 Å². The molecule has 1 amide bonds. The van der Waals surface area contributed by atoms with E-state index in [0.29, 0.717) is 19.4 Å². The first-order valence-corrected chi connectivity index (χ1v) is 13.8. The number of carbonyl (C=O) groups excluding carboxylic acids is 2. The van der Waals surface area contributed by atoms with Crippen molar-refractivity contribution in [3.63, 3.8) is 0 Å². The van der Waals surface area contributed by atoms with Gasteiger partial charge in [-0.15, -0.1) is 0 Å². The summed E-state index contributed by atoms with van der Waals surface area (Å²) >= 11 is 0. The van der Waals surface area contributed by atoms with Gasteiger partial charge in [-0.3, -0.25) is 9.59 Å². The first kappa shape index (κ1) is 25.2. The molecule has 6 heteroatoms. The largest absolute Gasteiger partial charge is 0.393 e. The molecule has 3 saturated carbocycles. The molecule has 194 valence electrons. The summed E-state index contributed by atoms with van der Waals surface area (Å²) in [6, 6.07) is -0.0617. The van der Waals surface area contributed by atoms with E-state index in [1.807, 2.05) is 4.90 Å². The fourth-order valence-electron chi connectivity index (χ4n) is 8.93. The highest BCUT2D eigenvalue weighted by Gasteiger charge is 2.66. The van der Waals surface area contributed by atoms with Crippen LogP contribution in [-0.2, 0) is 14.3 Å². The minimum absolute atomic E-state index is 0.0578. The Morgan fingerprint density at radius 2 is 2.00 bits per heavy atom. The Labute approximate surface area is 209 Å². The van der Waals surface area contributed by atoms with Crippen molar-refractivity contribution in [2.75, 3.05) is 13.2 Å². The molecule has 1 saturated heterocycles. The quantitative estimate of drug-likeness (QED) is 0.579. The fourth-order valence-corrected chi connectivity index (χ4v) is 8.93. The van der Waals surface area contributed by atoms with E-state index in [4.69, 9.17) is 4.74 Å². The second kappa shape index (κ2) is 8.81. The second-order valence-electron chi connectivity index (χ2n) is 12.6. The predicted octanol–water partition coefficient (Wildman–Crippen LogP) is 3.80. The average molecular weight is 486 g/mol. The lowest BCUT2D eigenvalue weighted by atomic mass is 9.46. The molecular formula is C29H43NO5. The molecule has 8 unspecified atom stereocenters. The van der Waals surface area contributed by atoms with Crippen LogP contribution in [0.15, 0.2) is 24.3 Å². The molecule has 0 radical (unpaired) electrons. The van der Waals surface area contributed by atoms with Gasteiger partial charge in [-0.1, -0.05) is 20.4 Å². The molecule has 1 heterocycles. The average Bonchev–Trinajstić information content (AvgIpc) is 3.44. The Morgan fingerprint density at radius 3 is 2.69 bits per heavy atom. The standard InChI is InChI=1S/C29H43NO5/c1-5-26(33)30(17-20-7-6-14-35-20)18(2)21-10-13-29(34)23-16-25(32)24-15-19(31)8-11-27(24,3)22(23)9-12-28(21,29)4/h5,16,18-22,24,31,34H,1,6-15,17H2,2-4H3/t18?,19?,20?,21?,22?,24?,27?,28?,29-/m1/s1. The Kier molecular flexibility index (Phi) is 6.33. The van der Waals surface area contributed by atoms with Gasteiger partial charge in [0, 0.05) is 30.5 Å². The molecule has 2 N–H and O–H groups in total. The highest BCUT2D eigenvalue weighted by Crippen LogP contribution is 2.67. The number of hydrogen-bond donors (Lipinski definition) is 2. The molecule has 35 heavy (non-hydrogen) atoms. The molecule has 0 spiro atoms. The zero-order valence-electron chi connectivity index (χ0n) is 21.7. The second-order valence-corrected chi connectivity index (χ2v) is 12.6. The molecule has 4 fully saturated rings. The number of nitrogens with zero attached hydrogens (tertiary/aromatic N) is 1. The zero-order valence-corrected chi connectivity index (χ0v) is 21.7. The first-order chi connectivity index (χ1) is 16.5. The summed E-state index contributed by atoms with van der Waals surface area (Å²) in [5.41, 5.74) is -0.725. The number of rotatable bonds is 5. The highest BCUT2D eigenvalue weighted by atomic mass is 16.5. The van der Waals surface area contributed by atoms with Gasteiger partial charge in [0.25, 0.3) is 0 Å². The van der Waals surface area contributed by atoms with E-state index in [9.17, 15) is 19.8 Å². The monoisotopic (exact) mass is 485 g/mol. The van der Waals surface area contributed by atoms with Gasteiger partial charge in [0.2, 0.25) is 5.91 Å². The molecule has 6 nitrogen and oxygen atoms in total. The SMILES string of the molecule is C=CC(=O)N(CC1CCCO1)C(C)C1CC[C@@]2(O)C3=CC(=O)C4CC(O)CCC4(C)C3CCC12C. The van der Waals surface area contributed by atoms with Gasteiger partial charge in [-0.25, -0.2) is 0 Å². The number of allylic oxidation sites excluding steroid dienone is 1. The molecule has 0 bridgehead atoms. The fraction of sp³-hybridized carbons (Fsp3) is 0.793. The minimum atomic E-state index is -1.04. The van der Waals surface area contributed by atoms with Crippen molar-refractivity contribution in [2.24, 2.45) is 28.6 Å². The summed E-state index contributed by atoms with van der Waals surface area (Å²) in [7, 11) is 0. The van der Waals surface area contributed by atoms with E-state index in [0.717, 1.165) is 57.1 Å². The van der Waals surface area contributed by atoms with Crippen molar-refractivity contribution in [1.29, 1.82) is 0 Å². The Morgan fingerprint density at radius 1 is 1.23 bits per heavy atom. The van der Waals surface area contributed by atoms with E-state index in [2.05, 4.69) is 27.4 Å². The summed E-state index contributed by atoms with van der Waals surface area (Å²) in [6.45, 7) is 11.6. The summed E-state index contributed by atoms with van der Waals surface area (Å²) in [4.78, 5) is 28.2. The molecule has 0 aromatic heterocycles. The van der Waals surface area contributed by atoms with Gasteiger partial charge in [-0.05, 0) is 99.7 Å². The highest BCUT2D eigenvalue weighted by molar-refractivity contribution is 5.95. The lowest BCUT2D eigenvalue weighted by molar-refractivity contribution is -0.144. The normalized spacial score (nSPS) is 45.7. The summed E-state index contributed by atoms with van der Waals surface area (Å²) in [5, 5.41) is 22.7. The summed E-state index contributed by atoms with van der Waals surface area (Å²) < 4.78 is 5.85. The smallest absolute Gasteiger partial charge is 0.246 e. The molecule has 5 aliphatic rings. The Bertz CT molecular complexity index is 924. The van der Waals surface area contributed by atoms with Crippen LogP contribution in [0.4, 0.5) is 0 Å². The van der Waals surface area contributed by atoms with Crippen LogP contribution in [0, 0.1) is 28.6 Å². The van der Waals surface area contributed by atoms with Crippen LogP contribution in [0.3, 0.4) is 0 Å². The third-order valence-corrected chi connectivity index (χ3v) is 11.1. The number of fused-ring (bicyclic) bond motifs is 5. The third kappa shape index (κ3) is 3.69. The molecule has 0 aromatic carbocycles. The maximum atomic E-state index is 13.3. The minimum Gasteiger partial charge on any atom is -0.393 e.